The number of carbonyl (C=O) groups is 1. The number of carbonyl (C=O) groups excluding carboxylic acids is 1. The molecular weight excluding hydrogens is 362 g/mol. The molecule has 7 heteroatoms. The number of benzene rings is 2. The first kappa shape index (κ1) is 20.9. The summed E-state index contributed by atoms with van der Waals surface area (Å²) < 4.78 is 25.4. The summed E-state index contributed by atoms with van der Waals surface area (Å²) in [6, 6.07) is 17.2. The molecule has 2 rings (SSSR count). The normalized spacial score (nSPS) is 11.4. The van der Waals surface area contributed by atoms with E-state index < -0.39 is 10.0 Å². The minimum absolute atomic E-state index is 0.108. The van der Waals surface area contributed by atoms with Crippen LogP contribution < -0.4 is 10.2 Å². The zero-order valence-corrected chi connectivity index (χ0v) is 16.9. The maximum atomic E-state index is 12.2. The van der Waals surface area contributed by atoms with E-state index in [0.29, 0.717) is 18.7 Å². The molecular formula is C20H27N3O3S. The standard InChI is InChI=1S/C20H27N3O3S/c1-22(2)19-11-9-18(10-12-19)21-20(24)14-16-23(27(3,25)26)15-13-17-7-5-4-6-8-17/h4-12H,13-16H2,1-3H3,(H,21,24). The van der Waals surface area contributed by atoms with Gasteiger partial charge in [-0.2, -0.15) is 0 Å². The van der Waals surface area contributed by atoms with Crippen LogP contribution in [0.25, 0.3) is 0 Å². The number of rotatable bonds is 9. The van der Waals surface area contributed by atoms with Crippen molar-refractivity contribution in [2.45, 2.75) is 12.8 Å². The van der Waals surface area contributed by atoms with Crippen LogP contribution in [0.15, 0.2) is 54.6 Å². The Kier molecular flexibility index (Phi) is 7.38. The summed E-state index contributed by atoms with van der Waals surface area (Å²) in [7, 11) is 0.524. The first-order valence-electron chi connectivity index (χ1n) is 8.82. The molecule has 0 aliphatic carbocycles. The van der Waals surface area contributed by atoms with Gasteiger partial charge in [0.05, 0.1) is 6.26 Å². The van der Waals surface area contributed by atoms with Gasteiger partial charge in [0.2, 0.25) is 15.9 Å². The Hall–Kier alpha value is -2.38. The van der Waals surface area contributed by atoms with Crippen molar-refractivity contribution in [1.82, 2.24) is 4.31 Å². The number of nitrogens with one attached hydrogen (secondary N) is 1. The van der Waals surface area contributed by atoms with Crippen LogP contribution in [0.3, 0.4) is 0 Å². The summed E-state index contributed by atoms with van der Waals surface area (Å²) in [5, 5.41) is 2.81. The van der Waals surface area contributed by atoms with Crippen molar-refractivity contribution in [3.05, 3.63) is 60.2 Å². The molecule has 0 unspecified atom stereocenters. The topological polar surface area (TPSA) is 69.7 Å². The Morgan fingerprint density at radius 1 is 0.963 bits per heavy atom. The first-order valence-corrected chi connectivity index (χ1v) is 10.7. The van der Waals surface area contributed by atoms with Crippen LogP contribution in [0, 0.1) is 0 Å². The predicted molar refractivity (Wildman–Crippen MR) is 111 cm³/mol. The van der Waals surface area contributed by atoms with Crippen LogP contribution in [0.5, 0.6) is 0 Å². The van der Waals surface area contributed by atoms with Crippen LogP contribution in [0.1, 0.15) is 12.0 Å². The smallest absolute Gasteiger partial charge is 0.225 e. The lowest BCUT2D eigenvalue weighted by molar-refractivity contribution is -0.116. The van der Waals surface area contributed by atoms with Crippen molar-refractivity contribution >= 4 is 27.3 Å². The molecule has 146 valence electrons. The molecule has 1 N–H and O–H groups in total. The van der Waals surface area contributed by atoms with E-state index in [-0.39, 0.29) is 18.9 Å². The number of anilines is 2. The largest absolute Gasteiger partial charge is 0.378 e. The van der Waals surface area contributed by atoms with Gasteiger partial charge in [-0.15, -0.1) is 0 Å². The summed E-state index contributed by atoms with van der Waals surface area (Å²) in [5.41, 5.74) is 2.80. The zero-order valence-electron chi connectivity index (χ0n) is 16.1. The molecule has 0 fully saturated rings. The van der Waals surface area contributed by atoms with Crippen LogP contribution in [0.4, 0.5) is 11.4 Å². The van der Waals surface area contributed by atoms with E-state index in [0.717, 1.165) is 11.3 Å². The number of sulfonamides is 1. The third kappa shape index (κ3) is 7.03. The van der Waals surface area contributed by atoms with Gasteiger partial charge >= 0.3 is 0 Å². The van der Waals surface area contributed by atoms with E-state index in [1.807, 2.05) is 73.6 Å². The molecule has 0 radical (unpaired) electrons. The van der Waals surface area contributed by atoms with Crippen LogP contribution in [-0.2, 0) is 21.2 Å². The average molecular weight is 390 g/mol. The molecule has 0 aliphatic rings. The lowest BCUT2D eigenvalue weighted by Gasteiger charge is -2.20. The SMILES string of the molecule is CN(C)c1ccc(NC(=O)CCN(CCc2ccccc2)S(C)(=O)=O)cc1. The molecule has 0 aliphatic heterocycles. The highest BCUT2D eigenvalue weighted by atomic mass is 32.2. The second kappa shape index (κ2) is 9.53. The van der Waals surface area contributed by atoms with E-state index in [4.69, 9.17) is 0 Å². The molecule has 2 aromatic rings. The highest BCUT2D eigenvalue weighted by molar-refractivity contribution is 7.88. The number of nitrogens with zero attached hydrogens (tertiary/aromatic N) is 2. The van der Waals surface area contributed by atoms with E-state index in [2.05, 4.69) is 5.32 Å². The minimum atomic E-state index is -3.37. The van der Waals surface area contributed by atoms with Crippen LogP contribution in [-0.4, -0.2) is 52.1 Å². The fourth-order valence-electron chi connectivity index (χ4n) is 2.63. The van der Waals surface area contributed by atoms with Gasteiger partial charge in [0.1, 0.15) is 0 Å². The van der Waals surface area contributed by atoms with Crippen LogP contribution in [0.2, 0.25) is 0 Å². The highest BCUT2D eigenvalue weighted by Gasteiger charge is 2.17. The summed E-state index contributed by atoms with van der Waals surface area (Å²) in [5.74, 6) is -0.207. The van der Waals surface area contributed by atoms with Gasteiger partial charge in [-0.1, -0.05) is 30.3 Å². The van der Waals surface area contributed by atoms with Crippen molar-refractivity contribution in [2.24, 2.45) is 0 Å². The third-order valence-corrected chi connectivity index (χ3v) is 5.52. The molecule has 0 aromatic heterocycles. The van der Waals surface area contributed by atoms with Crippen molar-refractivity contribution in [3.8, 4) is 0 Å². The quantitative estimate of drug-likeness (QED) is 0.716. The summed E-state index contributed by atoms with van der Waals surface area (Å²) in [6.45, 7) is 0.515. The van der Waals surface area contributed by atoms with Gasteiger partial charge in [0.15, 0.2) is 0 Å². The van der Waals surface area contributed by atoms with E-state index in [1.54, 1.807) is 0 Å². The van der Waals surface area contributed by atoms with Gasteiger partial charge in [-0.05, 0) is 36.2 Å². The molecule has 27 heavy (non-hydrogen) atoms. The second-order valence-corrected chi connectivity index (χ2v) is 8.62. The Bertz CT molecular complexity index is 835. The Morgan fingerprint density at radius 3 is 2.15 bits per heavy atom. The number of hydrogen-bond acceptors (Lipinski definition) is 4. The minimum Gasteiger partial charge on any atom is -0.378 e. The lowest BCUT2D eigenvalue weighted by Crippen LogP contribution is -2.34. The first-order chi connectivity index (χ1) is 12.8. The molecule has 1 amide bonds. The fraction of sp³-hybridized carbons (Fsp3) is 0.350. The van der Waals surface area contributed by atoms with Gasteiger partial charge in [-0.3, -0.25) is 4.79 Å². The zero-order chi connectivity index (χ0) is 19.9. The number of amides is 1. The van der Waals surface area contributed by atoms with Crippen molar-refractivity contribution < 1.29 is 13.2 Å². The molecule has 0 bridgehead atoms. The maximum Gasteiger partial charge on any atom is 0.225 e. The third-order valence-electron chi connectivity index (χ3n) is 4.22. The van der Waals surface area contributed by atoms with Gasteiger partial charge in [-0.25, -0.2) is 12.7 Å². The van der Waals surface area contributed by atoms with Crippen LogP contribution >= 0.6 is 0 Å². The van der Waals surface area contributed by atoms with E-state index in [9.17, 15) is 13.2 Å². The number of hydrogen-bond donors (Lipinski definition) is 1. The van der Waals surface area contributed by atoms with Gasteiger partial charge in [0.25, 0.3) is 0 Å². The summed E-state index contributed by atoms with van der Waals surface area (Å²) >= 11 is 0. The molecule has 0 heterocycles. The Morgan fingerprint density at radius 2 is 1.59 bits per heavy atom. The monoisotopic (exact) mass is 389 g/mol. The molecule has 0 saturated carbocycles. The predicted octanol–water partition coefficient (Wildman–Crippen LogP) is 2.59. The Balaban J connectivity index is 1.89. The highest BCUT2D eigenvalue weighted by Crippen LogP contribution is 2.16. The van der Waals surface area contributed by atoms with Crippen molar-refractivity contribution in [1.29, 1.82) is 0 Å². The van der Waals surface area contributed by atoms with Gasteiger partial charge < -0.3 is 10.2 Å². The second-order valence-electron chi connectivity index (χ2n) is 6.64. The molecule has 6 nitrogen and oxygen atoms in total. The van der Waals surface area contributed by atoms with E-state index >= 15 is 0 Å². The molecule has 0 saturated heterocycles. The van der Waals surface area contributed by atoms with Crippen molar-refractivity contribution in [3.63, 3.8) is 0 Å². The molecule has 0 spiro atoms. The molecule has 2 aromatic carbocycles. The van der Waals surface area contributed by atoms with Crippen molar-refractivity contribution in [2.75, 3.05) is 43.7 Å². The van der Waals surface area contributed by atoms with Gasteiger partial charge in [0, 0.05) is 45.0 Å². The fourth-order valence-corrected chi connectivity index (χ4v) is 3.48. The Labute approximate surface area is 161 Å². The molecule has 0 atom stereocenters. The summed E-state index contributed by atoms with van der Waals surface area (Å²) in [6.07, 6.45) is 1.90. The summed E-state index contributed by atoms with van der Waals surface area (Å²) in [4.78, 5) is 14.2. The maximum absolute atomic E-state index is 12.2. The lowest BCUT2D eigenvalue weighted by atomic mass is 10.1. The van der Waals surface area contributed by atoms with E-state index in [1.165, 1.54) is 10.6 Å². The average Bonchev–Trinajstić information content (AvgIpc) is 2.62.